The van der Waals surface area contributed by atoms with E-state index < -0.39 is 0 Å². The van der Waals surface area contributed by atoms with Crippen LogP contribution in [0.25, 0.3) is 0 Å². The molecule has 0 amide bonds. The molecule has 82 valence electrons. The minimum absolute atomic E-state index is 0.00585. The van der Waals surface area contributed by atoms with Gasteiger partial charge in [0.1, 0.15) is 0 Å². The standard InChI is InChI=1S/C13H24O/c1-9-4-5-11-8-12(14)6-7-13(11,3)10(9)2/h9-12,14H,4-8H2,1-3H3/t9?,10-,11+,12+,13+/m0/s1. The average Bonchev–Trinajstić information content (AvgIpc) is 2.16. The van der Waals surface area contributed by atoms with Gasteiger partial charge >= 0.3 is 0 Å². The summed E-state index contributed by atoms with van der Waals surface area (Å²) in [6, 6.07) is 0. The van der Waals surface area contributed by atoms with E-state index in [-0.39, 0.29) is 6.10 Å². The number of aliphatic hydroxyl groups excluding tert-OH is 1. The molecular weight excluding hydrogens is 172 g/mol. The topological polar surface area (TPSA) is 20.2 Å². The minimum Gasteiger partial charge on any atom is -0.393 e. The van der Waals surface area contributed by atoms with E-state index in [2.05, 4.69) is 20.8 Å². The summed E-state index contributed by atoms with van der Waals surface area (Å²) in [6.45, 7) is 7.29. The molecular formula is C13H24O. The summed E-state index contributed by atoms with van der Waals surface area (Å²) in [5.41, 5.74) is 0.525. The van der Waals surface area contributed by atoms with Gasteiger partial charge in [0.25, 0.3) is 0 Å². The zero-order chi connectivity index (χ0) is 10.3. The Hall–Kier alpha value is -0.0400. The van der Waals surface area contributed by atoms with Crippen LogP contribution >= 0.6 is 0 Å². The molecule has 1 heteroatoms. The Balaban J connectivity index is 2.16. The summed E-state index contributed by atoms with van der Waals surface area (Å²) in [6.07, 6.45) is 6.04. The maximum atomic E-state index is 9.71. The second-order valence-corrected chi connectivity index (χ2v) is 5.97. The smallest absolute Gasteiger partial charge is 0.0543 e. The van der Waals surface area contributed by atoms with Crippen LogP contribution in [0.5, 0.6) is 0 Å². The number of hydrogen-bond acceptors (Lipinski definition) is 1. The summed E-state index contributed by atoms with van der Waals surface area (Å²) in [5.74, 6) is 2.51. The molecule has 0 radical (unpaired) electrons. The van der Waals surface area contributed by atoms with E-state index in [9.17, 15) is 5.11 Å². The van der Waals surface area contributed by atoms with Gasteiger partial charge in [-0.15, -0.1) is 0 Å². The fourth-order valence-corrected chi connectivity index (χ4v) is 3.81. The second-order valence-electron chi connectivity index (χ2n) is 5.97. The molecule has 1 nitrogen and oxygen atoms in total. The Morgan fingerprint density at radius 3 is 2.57 bits per heavy atom. The lowest BCUT2D eigenvalue weighted by Crippen LogP contribution is -2.46. The lowest BCUT2D eigenvalue weighted by Gasteiger charge is -2.53. The Morgan fingerprint density at radius 1 is 1.14 bits per heavy atom. The van der Waals surface area contributed by atoms with Gasteiger partial charge < -0.3 is 5.11 Å². The van der Waals surface area contributed by atoms with Gasteiger partial charge in [-0.1, -0.05) is 27.2 Å². The van der Waals surface area contributed by atoms with Crippen molar-refractivity contribution in [2.75, 3.05) is 0 Å². The highest BCUT2D eigenvalue weighted by Gasteiger charge is 2.47. The number of fused-ring (bicyclic) bond motifs is 1. The van der Waals surface area contributed by atoms with Crippen LogP contribution in [0.15, 0.2) is 0 Å². The van der Waals surface area contributed by atoms with Gasteiger partial charge in [-0.2, -0.15) is 0 Å². The number of rotatable bonds is 0. The molecule has 5 atom stereocenters. The van der Waals surface area contributed by atoms with Gasteiger partial charge in [0.05, 0.1) is 6.10 Å². The fraction of sp³-hybridized carbons (Fsp3) is 1.00. The molecule has 0 spiro atoms. The summed E-state index contributed by atoms with van der Waals surface area (Å²) < 4.78 is 0. The van der Waals surface area contributed by atoms with Crippen molar-refractivity contribution >= 4 is 0 Å². The third-order valence-corrected chi connectivity index (χ3v) is 5.37. The van der Waals surface area contributed by atoms with Crippen LogP contribution in [0.4, 0.5) is 0 Å². The summed E-state index contributed by atoms with van der Waals surface area (Å²) in [5, 5.41) is 9.71. The van der Waals surface area contributed by atoms with Crippen LogP contribution in [0.1, 0.15) is 52.9 Å². The monoisotopic (exact) mass is 196 g/mol. The van der Waals surface area contributed by atoms with Crippen LogP contribution in [0.3, 0.4) is 0 Å². The first-order valence-electron chi connectivity index (χ1n) is 6.22. The molecule has 0 saturated heterocycles. The lowest BCUT2D eigenvalue weighted by molar-refractivity contribution is -0.0605. The average molecular weight is 196 g/mol. The van der Waals surface area contributed by atoms with E-state index in [1.54, 1.807) is 0 Å². The maximum absolute atomic E-state index is 9.71. The fourth-order valence-electron chi connectivity index (χ4n) is 3.81. The van der Waals surface area contributed by atoms with Crippen molar-refractivity contribution in [3.05, 3.63) is 0 Å². The zero-order valence-corrected chi connectivity index (χ0v) is 9.79. The van der Waals surface area contributed by atoms with Crippen molar-refractivity contribution in [2.45, 2.75) is 59.0 Å². The SMILES string of the molecule is CC1CC[C@@H]2C[C@H](O)CC[C@]2(C)[C@H]1C. The molecule has 0 aromatic heterocycles. The van der Waals surface area contributed by atoms with Crippen LogP contribution in [-0.2, 0) is 0 Å². The van der Waals surface area contributed by atoms with E-state index in [0.29, 0.717) is 5.41 Å². The quantitative estimate of drug-likeness (QED) is 0.630. The molecule has 2 saturated carbocycles. The Kier molecular flexibility index (Phi) is 2.63. The summed E-state index contributed by atoms with van der Waals surface area (Å²) in [7, 11) is 0. The van der Waals surface area contributed by atoms with Gasteiger partial charge in [-0.05, 0) is 48.9 Å². The lowest BCUT2D eigenvalue weighted by atomic mass is 9.53. The normalized spacial score (nSPS) is 54.0. The van der Waals surface area contributed by atoms with E-state index in [1.165, 1.54) is 19.3 Å². The van der Waals surface area contributed by atoms with Crippen LogP contribution < -0.4 is 0 Å². The first kappa shape index (κ1) is 10.5. The van der Waals surface area contributed by atoms with E-state index in [0.717, 1.165) is 30.6 Å². The number of aliphatic hydroxyl groups is 1. The van der Waals surface area contributed by atoms with Crippen LogP contribution in [-0.4, -0.2) is 11.2 Å². The van der Waals surface area contributed by atoms with Crippen molar-refractivity contribution in [1.82, 2.24) is 0 Å². The summed E-state index contributed by atoms with van der Waals surface area (Å²) >= 11 is 0. The highest BCUT2D eigenvalue weighted by Crippen LogP contribution is 2.54. The predicted molar refractivity (Wildman–Crippen MR) is 59.0 cm³/mol. The third-order valence-electron chi connectivity index (χ3n) is 5.37. The van der Waals surface area contributed by atoms with E-state index >= 15 is 0 Å². The van der Waals surface area contributed by atoms with Crippen LogP contribution in [0, 0.1) is 23.2 Å². The van der Waals surface area contributed by atoms with E-state index in [1.807, 2.05) is 0 Å². The Morgan fingerprint density at radius 2 is 1.86 bits per heavy atom. The molecule has 0 aromatic carbocycles. The summed E-state index contributed by atoms with van der Waals surface area (Å²) in [4.78, 5) is 0. The van der Waals surface area contributed by atoms with Gasteiger partial charge in [-0.3, -0.25) is 0 Å². The zero-order valence-electron chi connectivity index (χ0n) is 9.79. The van der Waals surface area contributed by atoms with Crippen LogP contribution in [0.2, 0.25) is 0 Å². The predicted octanol–water partition coefficient (Wildman–Crippen LogP) is 3.22. The van der Waals surface area contributed by atoms with E-state index in [4.69, 9.17) is 0 Å². The molecule has 2 fully saturated rings. The molecule has 0 bridgehead atoms. The second kappa shape index (κ2) is 3.52. The molecule has 1 unspecified atom stereocenters. The molecule has 0 aromatic rings. The maximum Gasteiger partial charge on any atom is 0.0543 e. The van der Waals surface area contributed by atoms with Gasteiger partial charge in [-0.25, -0.2) is 0 Å². The first-order valence-corrected chi connectivity index (χ1v) is 6.22. The van der Waals surface area contributed by atoms with Crippen molar-refractivity contribution in [3.63, 3.8) is 0 Å². The molecule has 0 aliphatic heterocycles. The van der Waals surface area contributed by atoms with Gasteiger partial charge in [0, 0.05) is 0 Å². The molecule has 2 aliphatic rings. The number of hydrogen-bond donors (Lipinski definition) is 1. The van der Waals surface area contributed by atoms with Crippen molar-refractivity contribution in [3.8, 4) is 0 Å². The van der Waals surface area contributed by atoms with Crippen molar-refractivity contribution < 1.29 is 5.11 Å². The third kappa shape index (κ3) is 1.50. The van der Waals surface area contributed by atoms with Crippen molar-refractivity contribution in [2.24, 2.45) is 23.2 Å². The highest BCUT2D eigenvalue weighted by molar-refractivity contribution is 4.97. The highest BCUT2D eigenvalue weighted by atomic mass is 16.3. The molecule has 0 heterocycles. The van der Waals surface area contributed by atoms with Gasteiger partial charge in [0.15, 0.2) is 0 Å². The molecule has 1 N–H and O–H groups in total. The minimum atomic E-state index is -0.00585. The molecule has 2 rings (SSSR count). The van der Waals surface area contributed by atoms with Gasteiger partial charge in [0.2, 0.25) is 0 Å². The first-order chi connectivity index (χ1) is 6.54. The van der Waals surface area contributed by atoms with Crippen molar-refractivity contribution in [1.29, 1.82) is 0 Å². The largest absolute Gasteiger partial charge is 0.393 e. The molecule has 2 aliphatic carbocycles. The Bertz CT molecular complexity index is 213. The Labute approximate surface area is 87.9 Å². The molecule has 14 heavy (non-hydrogen) atoms.